The number of likely N-dealkylation sites (tertiary alicyclic amines) is 1. The molecule has 13 heavy (non-hydrogen) atoms. The van der Waals surface area contributed by atoms with Crippen LogP contribution in [0.25, 0.3) is 0 Å². The average Bonchev–Trinajstić information content (AvgIpc) is 2.61. The maximum atomic E-state index is 11.5. The predicted octanol–water partition coefficient (Wildman–Crippen LogP) is -0.689. The van der Waals surface area contributed by atoms with Crippen molar-refractivity contribution in [2.24, 2.45) is 11.8 Å². The summed E-state index contributed by atoms with van der Waals surface area (Å²) in [5.74, 6) is 1.42. The minimum atomic E-state index is 0.219. The number of carbonyl (C=O) groups is 1. The van der Waals surface area contributed by atoms with Gasteiger partial charge in [0.25, 0.3) is 0 Å². The maximum Gasteiger partial charge on any atom is 0.236 e. The topological polar surface area (TPSA) is 41.6 Å². The summed E-state index contributed by atoms with van der Waals surface area (Å²) in [6.07, 6.45) is 0. The van der Waals surface area contributed by atoms with Gasteiger partial charge >= 0.3 is 0 Å². The van der Waals surface area contributed by atoms with Crippen LogP contribution in [0.3, 0.4) is 0 Å². The molecule has 2 saturated heterocycles. The lowest BCUT2D eigenvalue weighted by Crippen LogP contribution is -2.36. The van der Waals surface area contributed by atoms with Gasteiger partial charge in [0, 0.05) is 24.9 Å². The molecule has 1 N–H and O–H groups in total. The molecular weight excluding hydrogens is 168 g/mol. The molecule has 0 aromatic heterocycles. The van der Waals surface area contributed by atoms with E-state index in [1.807, 2.05) is 4.90 Å². The number of ether oxygens (including phenoxy) is 1. The number of fused-ring (bicyclic) bond motifs is 1. The summed E-state index contributed by atoms with van der Waals surface area (Å²) in [5, 5.41) is 2.89. The number of rotatable bonds is 2. The average molecular weight is 184 g/mol. The van der Waals surface area contributed by atoms with Gasteiger partial charge in [-0.2, -0.15) is 0 Å². The van der Waals surface area contributed by atoms with Crippen LogP contribution in [0.4, 0.5) is 0 Å². The van der Waals surface area contributed by atoms with E-state index in [9.17, 15) is 4.79 Å². The molecular formula is C9H16N2O2. The highest BCUT2D eigenvalue weighted by Crippen LogP contribution is 2.28. The van der Waals surface area contributed by atoms with Crippen LogP contribution < -0.4 is 5.32 Å². The van der Waals surface area contributed by atoms with Gasteiger partial charge in [-0.15, -0.1) is 0 Å². The number of hydrogen-bond donors (Lipinski definition) is 1. The van der Waals surface area contributed by atoms with Crippen LogP contribution >= 0.6 is 0 Å². The Balaban J connectivity index is 1.87. The number of likely N-dealkylation sites (N-methyl/N-ethyl adjacent to an activating group) is 1. The second-order valence-corrected chi connectivity index (χ2v) is 3.89. The third-order valence-corrected chi connectivity index (χ3v) is 2.92. The Morgan fingerprint density at radius 3 is 2.62 bits per heavy atom. The van der Waals surface area contributed by atoms with Crippen molar-refractivity contribution in [3.8, 4) is 0 Å². The van der Waals surface area contributed by atoms with Crippen molar-refractivity contribution in [3.63, 3.8) is 0 Å². The van der Waals surface area contributed by atoms with E-state index in [0.29, 0.717) is 18.4 Å². The molecule has 0 unspecified atom stereocenters. The fourth-order valence-corrected chi connectivity index (χ4v) is 2.15. The molecule has 74 valence electrons. The second-order valence-electron chi connectivity index (χ2n) is 3.89. The van der Waals surface area contributed by atoms with Crippen molar-refractivity contribution in [1.29, 1.82) is 0 Å². The molecule has 0 aliphatic carbocycles. The molecule has 0 saturated carbocycles. The largest absolute Gasteiger partial charge is 0.381 e. The number of carbonyl (C=O) groups excluding carboxylic acids is 1. The number of amides is 1. The van der Waals surface area contributed by atoms with Crippen molar-refractivity contribution in [2.75, 3.05) is 39.9 Å². The number of hydrogen-bond acceptors (Lipinski definition) is 3. The van der Waals surface area contributed by atoms with E-state index in [1.165, 1.54) is 0 Å². The first-order valence-corrected chi connectivity index (χ1v) is 4.81. The zero-order valence-corrected chi connectivity index (χ0v) is 7.95. The summed E-state index contributed by atoms with van der Waals surface area (Å²) in [4.78, 5) is 13.5. The Bertz CT molecular complexity index is 196. The summed E-state index contributed by atoms with van der Waals surface area (Å²) >= 11 is 0. The highest BCUT2D eigenvalue weighted by molar-refractivity contribution is 5.78. The summed E-state index contributed by atoms with van der Waals surface area (Å²) in [6, 6.07) is 0. The molecule has 0 aromatic carbocycles. The fourth-order valence-electron chi connectivity index (χ4n) is 2.15. The molecule has 4 nitrogen and oxygen atoms in total. The standard InChI is InChI=1S/C9H16N2O2/c1-10-2-9(12)11-3-7-5-13-6-8(7)4-11/h7-8,10H,2-6H2,1H3/t7-,8+. The SMILES string of the molecule is CNCC(=O)N1C[C@H]2COC[C@H]2C1. The molecule has 2 atom stereocenters. The lowest BCUT2D eigenvalue weighted by molar-refractivity contribution is -0.129. The van der Waals surface area contributed by atoms with Gasteiger partial charge in [-0.05, 0) is 7.05 Å². The van der Waals surface area contributed by atoms with Gasteiger partial charge in [0.2, 0.25) is 5.91 Å². The van der Waals surface area contributed by atoms with E-state index in [-0.39, 0.29) is 5.91 Å². The zero-order valence-electron chi connectivity index (χ0n) is 7.95. The van der Waals surface area contributed by atoms with E-state index < -0.39 is 0 Å². The summed E-state index contributed by atoms with van der Waals surface area (Å²) in [5.41, 5.74) is 0. The third kappa shape index (κ3) is 1.69. The van der Waals surface area contributed by atoms with Crippen LogP contribution in [0, 0.1) is 11.8 Å². The Hall–Kier alpha value is -0.610. The van der Waals surface area contributed by atoms with Crippen LogP contribution in [-0.2, 0) is 9.53 Å². The number of nitrogens with zero attached hydrogens (tertiary/aromatic N) is 1. The molecule has 2 heterocycles. The molecule has 0 bridgehead atoms. The monoisotopic (exact) mass is 184 g/mol. The van der Waals surface area contributed by atoms with Crippen LogP contribution in [0.15, 0.2) is 0 Å². The second kappa shape index (κ2) is 3.64. The first kappa shape index (κ1) is 8.97. The lowest BCUT2D eigenvalue weighted by Gasteiger charge is -2.16. The Kier molecular flexibility index (Phi) is 2.51. The predicted molar refractivity (Wildman–Crippen MR) is 48.3 cm³/mol. The van der Waals surface area contributed by atoms with E-state index in [0.717, 1.165) is 26.3 Å². The van der Waals surface area contributed by atoms with Gasteiger partial charge in [0.1, 0.15) is 0 Å². The first-order valence-electron chi connectivity index (χ1n) is 4.81. The van der Waals surface area contributed by atoms with Crippen molar-refractivity contribution in [2.45, 2.75) is 0 Å². The van der Waals surface area contributed by atoms with Gasteiger partial charge < -0.3 is 15.0 Å². The van der Waals surface area contributed by atoms with E-state index in [1.54, 1.807) is 7.05 Å². The highest BCUT2D eigenvalue weighted by atomic mass is 16.5. The summed E-state index contributed by atoms with van der Waals surface area (Å²) in [7, 11) is 1.80. The van der Waals surface area contributed by atoms with Crippen molar-refractivity contribution < 1.29 is 9.53 Å². The molecule has 2 fully saturated rings. The van der Waals surface area contributed by atoms with Crippen LogP contribution in [0.5, 0.6) is 0 Å². The van der Waals surface area contributed by atoms with E-state index in [4.69, 9.17) is 4.74 Å². The normalized spacial score (nSPS) is 32.2. The zero-order chi connectivity index (χ0) is 9.26. The van der Waals surface area contributed by atoms with Gasteiger partial charge in [0.15, 0.2) is 0 Å². The molecule has 0 radical (unpaired) electrons. The van der Waals surface area contributed by atoms with Crippen LogP contribution in [-0.4, -0.2) is 50.7 Å². The van der Waals surface area contributed by atoms with E-state index in [2.05, 4.69) is 5.32 Å². The quantitative estimate of drug-likeness (QED) is 0.617. The van der Waals surface area contributed by atoms with E-state index >= 15 is 0 Å². The van der Waals surface area contributed by atoms with Gasteiger partial charge in [-0.25, -0.2) is 0 Å². The Morgan fingerprint density at radius 2 is 2.08 bits per heavy atom. The van der Waals surface area contributed by atoms with Gasteiger partial charge in [-0.3, -0.25) is 4.79 Å². The number of nitrogens with one attached hydrogen (secondary N) is 1. The van der Waals surface area contributed by atoms with Crippen molar-refractivity contribution in [1.82, 2.24) is 10.2 Å². The minimum absolute atomic E-state index is 0.219. The smallest absolute Gasteiger partial charge is 0.236 e. The molecule has 2 aliphatic rings. The Labute approximate surface area is 78.2 Å². The summed E-state index contributed by atoms with van der Waals surface area (Å²) in [6.45, 7) is 3.93. The van der Waals surface area contributed by atoms with Crippen LogP contribution in [0.1, 0.15) is 0 Å². The highest BCUT2D eigenvalue weighted by Gasteiger charge is 2.38. The minimum Gasteiger partial charge on any atom is -0.381 e. The fraction of sp³-hybridized carbons (Fsp3) is 0.889. The molecule has 0 spiro atoms. The molecule has 4 heteroatoms. The molecule has 2 rings (SSSR count). The lowest BCUT2D eigenvalue weighted by atomic mass is 10.0. The van der Waals surface area contributed by atoms with Gasteiger partial charge in [0.05, 0.1) is 19.8 Å². The first-order chi connectivity index (χ1) is 6.31. The van der Waals surface area contributed by atoms with Gasteiger partial charge in [-0.1, -0.05) is 0 Å². The molecule has 2 aliphatic heterocycles. The third-order valence-electron chi connectivity index (χ3n) is 2.92. The van der Waals surface area contributed by atoms with Crippen molar-refractivity contribution in [3.05, 3.63) is 0 Å². The Morgan fingerprint density at radius 1 is 1.46 bits per heavy atom. The molecule has 1 amide bonds. The van der Waals surface area contributed by atoms with Crippen molar-refractivity contribution >= 4 is 5.91 Å². The maximum absolute atomic E-state index is 11.5. The molecule has 0 aromatic rings. The van der Waals surface area contributed by atoms with Crippen LogP contribution in [0.2, 0.25) is 0 Å². The summed E-state index contributed by atoms with van der Waals surface area (Å²) < 4.78 is 5.35.